The lowest BCUT2D eigenvalue weighted by molar-refractivity contribution is -0.136. The maximum absolute atomic E-state index is 13.1. The molecular weight excluding hydrogens is 307 g/mol. The first-order chi connectivity index (χ1) is 10.8. The van der Waals surface area contributed by atoms with Crippen molar-refractivity contribution < 1.29 is 13.2 Å². The van der Waals surface area contributed by atoms with Crippen LogP contribution >= 0.6 is 0 Å². The molecule has 4 nitrogen and oxygen atoms in total. The van der Waals surface area contributed by atoms with E-state index in [0.717, 1.165) is 32.0 Å². The minimum atomic E-state index is -4.53. The summed E-state index contributed by atoms with van der Waals surface area (Å²) in [4.78, 5) is 20.9. The Morgan fingerprint density at radius 3 is 2.87 bits per heavy atom. The molecule has 0 saturated carbocycles. The molecule has 1 aromatic heterocycles. The monoisotopic (exact) mass is 325 g/mol. The van der Waals surface area contributed by atoms with E-state index in [1.807, 2.05) is 0 Å². The molecule has 2 aromatic rings. The number of fused-ring (bicyclic) bond motifs is 1. The lowest BCUT2D eigenvalue weighted by Crippen LogP contribution is -2.34. The van der Waals surface area contributed by atoms with Gasteiger partial charge in [0.25, 0.3) is 5.56 Å². The van der Waals surface area contributed by atoms with Gasteiger partial charge in [-0.1, -0.05) is 13.0 Å². The highest BCUT2D eigenvalue weighted by Gasteiger charge is 2.33. The number of nitrogens with zero attached hydrogens (tertiary/aromatic N) is 2. The van der Waals surface area contributed by atoms with Crippen LogP contribution in [0.25, 0.3) is 10.9 Å². The van der Waals surface area contributed by atoms with Crippen molar-refractivity contribution in [3.05, 3.63) is 39.9 Å². The molecule has 3 rings (SSSR count). The highest BCUT2D eigenvalue weighted by molar-refractivity contribution is 5.81. The van der Waals surface area contributed by atoms with Crippen LogP contribution in [0.4, 0.5) is 13.2 Å². The molecule has 23 heavy (non-hydrogen) atoms. The summed E-state index contributed by atoms with van der Waals surface area (Å²) in [7, 11) is 0. The number of piperidine rings is 1. The van der Waals surface area contributed by atoms with Crippen LogP contribution in [0, 0.1) is 5.92 Å². The highest BCUT2D eigenvalue weighted by atomic mass is 19.4. The largest absolute Gasteiger partial charge is 0.418 e. The van der Waals surface area contributed by atoms with Gasteiger partial charge in [0, 0.05) is 6.54 Å². The van der Waals surface area contributed by atoms with Crippen molar-refractivity contribution in [1.82, 2.24) is 14.9 Å². The smallest absolute Gasteiger partial charge is 0.309 e. The number of H-pyrrole nitrogens is 1. The van der Waals surface area contributed by atoms with Crippen molar-refractivity contribution in [2.75, 3.05) is 13.1 Å². The minimum Gasteiger partial charge on any atom is -0.309 e. The first-order valence-corrected chi connectivity index (χ1v) is 7.66. The number of alkyl halides is 3. The molecular formula is C16H18F3N3O. The van der Waals surface area contributed by atoms with Crippen molar-refractivity contribution in [3.8, 4) is 0 Å². The van der Waals surface area contributed by atoms with Crippen LogP contribution in [0.5, 0.6) is 0 Å². The van der Waals surface area contributed by atoms with Gasteiger partial charge in [0.05, 0.1) is 23.0 Å². The average Bonchev–Trinajstić information content (AvgIpc) is 2.45. The summed E-state index contributed by atoms with van der Waals surface area (Å²) < 4.78 is 39.4. The number of hydrogen-bond donors (Lipinski definition) is 1. The molecule has 2 heterocycles. The Bertz CT molecular complexity index is 769. The van der Waals surface area contributed by atoms with E-state index in [1.54, 1.807) is 0 Å². The molecule has 7 heteroatoms. The van der Waals surface area contributed by atoms with Gasteiger partial charge in [0.15, 0.2) is 0 Å². The van der Waals surface area contributed by atoms with E-state index < -0.39 is 17.3 Å². The van der Waals surface area contributed by atoms with E-state index in [2.05, 4.69) is 21.8 Å². The van der Waals surface area contributed by atoms with Gasteiger partial charge < -0.3 is 4.98 Å². The van der Waals surface area contributed by atoms with Gasteiger partial charge in [-0.25, -0.2) is 4.98 Å². The Morgan fingerprint density at radius 1 is 1.39 bits per heavy atom. The lowest BCUT2D eigenvalue weighted by atomic mass is 10.0. The van der Waals surface area contributed by atoms with Gasteiger partial charge in [0.1, 0.15) is 5.82 Å². The maximum atomic E-state index is 13.1. The maximum Gasteiger partial charge on any atom is 0.418 e. The fourth-order valence-electron chi connectivity index (χ4n) is 3.15. The van der Waals surface area contributed by atoms with Crippen molar-refractivity contribution in [1.29, 1.82) is 0 Å². The first kappa shape index (κ1) is 16.0. The number of hydrogen-bond acceptors (Lipinski definition) is 3. The SMILES string of the molecule is C[C@H]1CCCN(Cc2nc3c(C(F)(F)F)cccc3c(=O)[nH]2)C1. The van der Waals surface area contributed by atoms with Crippen LogP contribution in [0.15, 0.2) is 23.0 Å². The zero-order valence-electron chi connectivity index (χ0n) is 12.8. The van der Waals surface area contributed by atoms with Crippen molar-refractivity contribution in [2.24, 2.45) is 5.92 Å². The van der Waals surface area contributed by atoms with Gasteiger partial charge in [-0.3, -0.25) is 9.69 Å². The van der Waals surface area contributed by atoms with E-state index >= 15 is 0 Å². The molecule has 1 saturated heterocycles. The summed E-state index contributed by atoms with van der Waals surface area (Å²) in [5, 5.41) is -0.0319. The third-order valence-corrected chi connectivity index (χ3v) is 4.21. The molecule has 1 atom stereocenters. The number of benzene rings is 1. The standard InChI is InChI=1S/C16H18F3N3O/c1-10-4-3-7-22(8-10)9-13-20-14-11(15(23)21-13)5-2-6-12(14)16(17,18)19/h2,5-6,10H,3-4,7-9H2,1H3,(H,20,21,23)/t10-/m0/s1. The Balaban J connectivity index is 2.01. The minimum absolute atomic E-state index is 0.0319. The van der Waals surface area contributed by atoms with Crippen LogP contribution in [0.2, 0.25) is 0 Å². The van der Waals surface area contributed by atoms with Crippen LogP contribution in [-0.4, -0.2) is 28.0 Å². The molecule has 1 aliphatic rings. The Morgan fingerprint density at radius 2 is 2.17 bits per heavy atom. The number of likely N-dealkylation sites (tertiary alicyclic amines) is 1. The molecule has 0 amide bonds. The molecule has 0 unspecified atom stereocenters. The molecule has 1 N–H and O–H groups in total. The summed E-state index contributed by atoms with van der Waals surface area (Å²) in [6, 6.07) is 3.55. The summed E-state index contributed by atoms with van der Waals surface area (Å²) in [5.41, 5.74) is -1.67. The van der Waals surface area contributed by atoms with Gasteiger partial charge in [-0.15, -0.1) is 0 Å². The first-order valence-electron chi connectivity index (χ1n) is 7.66. The molecule has 0 spiro atoms. The Labute approximate surface area is 131 Å². The zero-order valence-corrected chi connectivity index (χ0v) is 12.8. The lowest BCUT2D eigenvalue weighted by Gasteiger charge is -2.30. The fraction of sp³-hybridized carbons (Fsp3) is 0.500. The van der Waals surface area contributed by atoms with E-state index in [-0.39, 0.29) is 16.7 Å². The summed E-state index contributed by atoms with van der Waals surface area (Å²) >= 11 is 0. The predicted molar refractivity (Wildman–Crippen MR) is 81.0 cm³/mol. The fourth-order valence-corrected chi connectivity index (χ4v) is 3.15. The summed E-state index contributed by atoms with van der Waals surface area (Å²) in [6.07, 6.45) is -2.33. The molecule has 0 radical (unpaired) electrons. The zero-order chi connectivity index (χ0) is 16.6. The summed E-state index contributed by atoms with van der Waals surface area (Å²) in [5.74, 6) is 0.829. The van der Waals surface area contributed by atoms with E-state index in [9.17, 15) is 18.0 Å². The van der Waals surface area contributed by atoms with E-state index in [0.29, 0.717) is 12.5 Å². The molecule has 0 aliphatic carbocycles. The van der Waals surface area contributed by atoms with Crippen molar-refractivity contribution in [2.45, 2.75) is 32.5 Å². The predicted octanol–water partition coefficient (Wildman–Crippen LogP) is 3.17. The molecule has 124 valence electrons. The molecule has 1 aliphatic heterocycles. The Kier molecular flexibility index (Phi) is 4.14. The number of halogens is 3. The van der Waals surface area contributed by atoms with Crippen LogP contribution in [0.1, 0.15) is 31.2 Å². The third-order valence-electron chi connectivity index (χ3n) is 4.21. The normalized spacial score (nSPS) is 20.1. The quantitative estimate of drug-likeness (QED) is 0.922. The number of nitrogens with one attached hydrogen (secondary N) is 1. The second-order valence-corrected chi connectivity index (χ2v) is 6.19. The van der Waals surface area contributed by atoms with Gasteiger partial charge in [0.2, 0.25) is 0 Å². The number of para-hydroxylation sites is 1. The van der Waals surface area contributed by atoms with Gasteiger partial charge in [-0.05, 0) is 37.4 Å². The number of aromatic nitrogens is 2. The van der Waals surface area contributed by atoms with Gasteiger partial charge >= 0.3 is 6.18 Å². The van der Waals surface area contributed by atoms with E-state index in [1.165, 1.54) is 12.1 Å². The second kappa shape index (κ2) is 5.96. The number of aromatic amines is 1. The molecule has 1 aromatic carbocycles. The van der Waals surface area contributed by atoms with E-state index in [4.69, 9.17) is 0 Å². The van der Waals surface area contributed by atoms with Crippen LogP contribution in [-0.2, 0) is 12.7 Å². The molecule has 0 bridgehead atoms. The summed E-state index contributed by atoms with van der Waals surface area (Å²) in [6.45, 7) is 4.24. The highest BCUT2D eigenvalue weighted by Crippen LogP contribution is 2.33. The van der Waals surface area contributed by atoms with Crippen molar-refractivity contribution in [3.63, 3.8) is 0 Å². The third kappa shape index (κ3) is 3.39. The number of rotatable bonds is 2. The van der Waals surface area contributed by atoms with Crippen LogP contribution < -0.4 is 5.56 Å². The van der Waals surface area contributed by atoms with Crippen LogP contribution in [0.3, 0.4) is 0 Å². The Hall–Kier alpha value is -1.89. The average molecular weight is 325 g/mol. The second-order valence-electron chi connectivity index (χ2n) is 6.19. The topological polar surface area (TPSA) is 49.0 Å². The van der Waals surface area contributed by atoms with Gasteiger partial charge in [-0.2, -0.15) is 13.2 Å². The van der Waals surface area contributed by atoms with Crippen molar-refractivity contribution >= 4 is 10.9 Å². The molecule has 1 fully saturated rings.